The van der Waals surface area contributed by atoms with Crippen molar-refractivity contribution in [1.29, 1.82) is 0 Å². The fraction of sp³-hybridized carbons (Fsp3) is 0.333. The number of pyridine rings is 1. The number of halogens is 1. The third-order valence-electron chi connectivity index (χ3n) is 5.37. The Morgan fingerprint density at radius 3 is 2.36 bits per heavy atom. The van der Waals surface area contributed by atoms with Crippen LogP contribution in [0.1, 0.15) is 48.6 Å². The second kappa shape index (κ2) is 10.5. The van der Waals surface area contributed by atoms with Gasteiger partial charge in [0.15, 0.2) is 0 Å². The summed E-state index contributed by atoms with van der Waals surface area (Å²) in [4.78, 5) is 31.8. The van der Waals surface area contributed by atoms with Crippen molar-refractivity contribution in [2.75, 3.05) is 28.6 Å². The van der Waals surface area contributed by atoms with E-state index >= 15 is 0 Å². The van der Waals surface area contributed by atoms with E-state index in [0.717, 1.165) is 30.3 Å². The predicted octanol–water partition coefficient (Wildman–Crippen LogP) is 4.85. The molecule has 1 aromatic carbocycles. The highest BCUT2D eigenvalue weighted by Gasteiger charge is 2.19. The molecule has 1 unspecified atom stereocenters. The number of nitrogens with one attached hydrogen (secondary N) is 2. The number of rotatable bonds is 8. The van der Waals surface area contributed by atoms with Crippen LogP contribution in [0.5, 0.6) is 0 Å². The van der Waals surface area contributed by atoms with E-state index in [1.54, 1.807) is 42.1 Å². The van der Waals surface area contributed by atoms with Crippen LogP contribution in [0.3, 0.4) is 0 Å². The van der Waals surface area contributed by atoms with Gasteiger partial charge in [-0.05, 0) is 71.0 Å². The smallest absolute Gasteiger partial charge is 0.257 e. The minimum atomic E-state index is -0.499. The molecule has 1 atom stereocenters. The van der Waals surface area contributed by atoms with Crippen LogP contribution in [0.2, 0.25) is 5.02 Å². The molecule has 2 heterocycles. The number of hydrogen-bond acceptors (Lipinski definition) is 5. The third kappa shape index (κ3) is 5.70. The molecule has 0 aliphatic rings. The monoisotopic (exact) mass is 468 g/mol. The Hall–Kier alpha value is -3.39. The van der Waals surface area contributed by atoms with E-state index in [9.17, 15) is 9.59 Å². The lowest BCUT2D eigenvalue weighted by Crippen LogP contribution is -2.25. The molecule has 2 amide bonds. The van der Waals surface area contributed by atoms with Crippen molar-refractivity contribution in [2.45, 2.75) is 40.7 Å². The fourth-order valence-corrected chi connectivity index (χ4v) is 3.77. The molecule has 0 fully saturated rings. The van der Waals surface area contributed by atoms with Crippen molar-refractivity contribution in [2.24, 2.45) is 0 Å². The quantitative estimate of drug-likeness (QED) is 0.493. The minimum absolute atomic E-state index is 0.237. The van der Waals surface area contributed by atoms with E-state index in [1.807, 2.05) is 26.0 Å². The molecule has 0 aliphatic heterocycles. The second-order valence-corrected chi connectivity index (χ2v) is 8.17. The molecule has 0 spiro atoms. The summed E-state index contributed by atoms with van der Waals surface area (Å²) in [5.41, 5.74) is 3.17. The topological polar surface area (TPSA) is 92.2 Å². The van der Waals surface area contributed by atoms with Crippen molar-refractivity contribution in [3.63, 3.8) is 0 Å². The summed E-state index contributed by atoms with van der Waals surface area (Å²) in [5, 5.41) is 10.3. The standard InChI is InChI=1S/C24H29ClN6O2/c1-6-30(7-2)22-11-8-18(14-26-22)24(33)27-19-9-10-21(20(25)13-19)28-23(32)17(5)31-16(4)12-15(3)29-31/h8-14,17H,6-7H2,1-5H3,(H,27,33)(H,28,32). The Bertz CT molecular complexity index is 1140. The summed E-state index contributed by atoms with van der Waals surface area (Å²) < 4.78 is 1.67. The highest BCUT2D eigenvalue weighted by Crippen LogP contribution is 2.27. The maximum Gasteiger partial charge on any atom is 0.257 e. The average Bonchev–Trinajstić information content (AvgIpc) is 3.14. The summed E-state index contributed by atoms with van der Waals surface area (Å²) in [6.45, 7) is 11.4. The number of hydrogen-bond donors (Lipinski definition) is 2. The van der Waals surface area contributed by atoms with Gasteiger partial charge in [0.05, 0.1) is 22.0 Å². The van der Waals surface area contributed by atoms with Crippen molar-refractivity contribution in [1.82, 2.24) is 14.8 Å². The lowest BCUT2D eigenvalue weighted by Gasteiger charge is -2.19. The number of anilines is 3. The molecule has 0 saturated carbocycles. The van der Waals surface area contributed by atoms with Gasteiger partial charge in [0, 0.05) is 30.7 Å². The second-order valence-electron chi connectivity index (χ2n) is 7.76. The van der Waals surface area contributed by atoms with Crippen LogP contribution in [-0.4, -0.2) is 39.7 Å². The Balaban J connectivity index is 1.66. The maximum absolute atomic E-state index is 12.7. The first kappa shape index (κ1) is 24.3. The Kier molecular flexibility index (Phi) is 7.71. The highest BCUT2D eigenvalue weighted by molar-refractivity contribution is 6.34. The fourth-order valence-electron chi connectivity index (χ4n) is 3.54. The van der Waals surface area contributed by atoms with Crippen LogP contribution in [0, 0.1) is 13.8 Å². The van der Waals surface area contributed by atoms with Gasteiger partial charge in [0.1, 0.15) is 11.9 Å². The molecule has 3 aromatic rings. The molecule has 0 bridgehead atoms. The Morgan fingerprint density at radius 2 is 1.82 bits per heavy atom. The van der Waals surface area contributed by atoms with Crippen molar-refractivity contribution in [3.05, 3.63) is 64.6 Å². The lowest BCUT2D eigenvalue weighted by molar-refractivity contribution is -0.119. The molecule has 33 heavy (non-hydrogen) atoms. The summed E-state index contributed by atoms with van der Waals surface area (Å²) in [7, 11) is 0. The molecule has 9 heteroatoms. The first-order valence-corrected chi connectivity index (χ1v) is 11.3. The first-order valence-electron chi connectivity index (χ1n) is 10.9. The zero-order valence-corrected chi connectivity index (χ0v) is 20.3. The van der Waals surface area contributed by atoms with E-state index in [2.05, 4.69) is 39.5 Å². The number of nitrogens with zero attached hydrogens (tertiary/aromatic N) is 4. The van der Waals surface area contributed by atoms with Gasteiger partial charge < -0.3 is 15.5 Å². The summed E-state index contributed by atoms with van der Waals surface area (Å²) in [6.07, 6.45) is 1.56. The highest BCUT2D eigenvalue weighted by atomic mass is 35.5. The van der Waals surface area contributed by atoms with Crippen LogP contribution >= 0.6 is 11.6 Å². The van der Waals surface area contributed by atoms with Gasteiger partial charge in [0.2, 0.25) is 5.91 Å². The number of aryl methyl sites for hydroxylation is 2. The largest absolute Gasteiger partial charge is 0.357 e. The van der Waals surface area contributed by atoms with Crippen molar-refractivity contribution in [3.8, 4) is 0 Å². The van der Waals surface area contributed by atoms with Crippen molar-refractivity contribution >= 4 is 40.6 Å². The molecular weight excluding hydrogens is 440 g/mol. The first-order chi connectivity index (χ1) is 15.7. The van der Waals surface area contributed by atoms with Crippen LogP contribution in [0.25, 0.3) is 0 Å². The van der Waals surface area contributed by atoms with Gasteiger partial charge >= 0.3 is 0 Å². The number of carbonyl (C=O) groups excluding carboxylic acids is 2. The van der Waals surface area contributed by atoms with E-state index in [0.29, 0.717) is 22.0 Å². The van der Waals surface area contributed by atoms with Gasteiger partial charge in [-0.1, -0.05) is 11.6 Å². The zero-order valence-electron chi connectivity index (χ0n) is 19.5. The minimum Gasteiger partial charge on any atom is -0.357 e. The third-order valence-corrected chi connectivity index (χ3v) is 5.69. The molecule has 2 N–H and O–H groups in total. The molecular formula is C24H29ClN6O2. The van der Waals surface area contributed by atoms with Gasteiger partial charge in [0.25, 0.3) is 5.91 Å². The Labute approximate surface area is 199 Å². The average molecular weight is 469 g/mol. The SMILES string of the molecule is CCN(CC)c1ccc(C(=O)Nc2ccc(NC(=O)C(C)n3nc(C)cc3C)c(Cl)c2)cn1. The molecule has 0 saturated heterocycles. The number of aromatic nitrogens is 3. The summed E-state index contributed by atoms with van der Waals surface area (Å²) in [5.74, 6) is 0.299. The predicted molar refractivity (Wildman–Crippen MR) is 132 cm³/mol. The van der Waals surface area contributed by atoms with Crippen LogP contribution < -0.4 is 15.5 Å². The lowest BCUT2D eigenvalue weighted by atomic mass is 10.2. The molecule has 2 aromatic heterocycles. The number of carbonyl (C=O) groups is 2. The summed E-state index contributed by atoms with van der Waals surface area (Å²) >= 11 is 6.37. The van der Waals surface area contributed by atoms with Crippen molar-refractivity contribution < 1.29 is 9.59 Å². The van der Waals surface area contributed by atoms with Gasteiger partial charge in [-0.2, -0.15) is 5.10 Å². The molecule has 174 valence electrons. The van der Waals surface area contributed by atoms with Gasteiger partial charge in [-0.25, -0.2) is 4.98 Å². The number of amides is 2. The van der Waals surface area contributed by atoms with Crippen LogP contribution in [-0.2, 0) is 4.79 Å². The summed E-state index contributed by atoms with van der Waals surface area (Å²) in [6, 6.07) is 9.93. The van der Waals surface area contributed by atoms with E-state index < -0.39 is 6.04 Å². The van der Waals surface area contributed by atoms with Crippen LogP contribution in [0.4, 0.5) is 17.2 Å². The maximum atomic E-state index is 12.7. The van der Waals surface area contributed by atoms with Gasteiger partial charge in [-0.15, -0.1) is 0 Å². The van der Waals surface area contributed by atoms with E-state index in [4.69, 9.17) is 11.6 Å². The molecule has 8 nitrogen and oxygen atoms in total. The number of benzene rings is 1. The van der Waals surface area contributed by atoms with E-state index in [1.165, 1.54) is 0 Å². The Morgan fingerprint density at radius 1 is 1.09 bits per heavy atom. The van der Waals surface area contributed by atoms with Gasteiger partial charge in [-0.3, -0.25) is 14.3 Å². The van der Waals surface area contributed by atoms with Crippen LogP contribution in [0.15, 0.2) is 42.6 Å². The normalized spacial score (nSPS) is 11.7. The molecule has 0 radical (unpaired) electrons. The molecule has 0 aliphatic carbocycles. The van der Waals surface area contributed by atoms with E-state index in [-0.39, 0.29) is 11.8 Å². The zero-order chi connectivity index (χ0) is 24.1. The molecule has 3 rings (SSSR count).